The van der Waals surface area contributed by atoms with E-state index in [0.29, 0.717) is 11.1 Å². The average molecular weight is 384 g/mol. The molecule has 2 unspecified atom stereocenters. The molecule has 0 spiro atoms. The number of benzene rings is 4. The van der Waals surface area contributed by atoms with Gasteiger partial charge in [-0.25, -0.2) is 0 Å². The molecule has 4 heteroatoms. The van der Waals surface area contributed by atoms with E-state index < -0.39 is 23.3 Å². The Kier molecular flexibility index (Phi) is 4.55. The van der Waals surface area contributed by atoms with Crippen LogP contribution in [0.3, 0.4) is 0 Å². The molecule has 29 heavy (non-hydrogen) atoms. The fourth-order valence-corrected chi connectivity index (χ4v) is 4.04. The van der Waals surface area contributed by atoms with E-state index in [-0.39, 0.29) is 0 Å². The Balaban J connectivity index is 1.93. The first-order valence-electron chi connectivity index (χ1n) is 9.35. The molecule has 2 N–H and O–H groups in total. The fourth-order valence-electron chi connectivity index (χ4n) is 4.04. The Morgan fingerprint density at radius 2 is 1.24 bits per heavy atom. The zero-order valence-corrected chi connectivity index (χ0v) is 15.9. The van der Waals surface area contributed by atoms with Crippen molar-refractivity contribution in [1.82, 2.24) is 0 Å². The highest BCUT2D eigenvalue weighted by atomic mass is 16.4. The van der Waals surface area contributed by atoms with Crippen molar-refractivity contribution >= 4 is 33.5 Å². The van der Waals surface area contributed by atoms with Crippen LogP contribution in [0.15, 0.2) is 84.9 Å². The van der Waals surface area contributed by atoms with E-state index in [4.69, 9.17) is 0 Å². The van der Waals surface area contributed by atoms with Crippen LogP contribution in [0.4, 0.5) is 0 Å². The van der Waals surface area contributed by atoms with Crippen molar-refractivity contribution in [2.75, 3.05) is 0 Å². The minimum atomic E-state index is -1.64. The van der Waals surface area contributed by atoms with E-state index >= 15 is 0 Å². The second-order valence-electron chi connectivity index (χ2n) is 7.45. The maximum absolute atomic E-state index is 12.5. The van der Waals surface area contributed by atoms with E-state index in [1.165, 1.54) is 6.92 Å². The predicted molar refractivity (Wildman–Crippen MR) is 113 cm³/mol. The quantitative estimate of drug-likeness (QED) is 0.496. The normalized spacial score (nSPS) is 14.4. The minimum absolute atomic E-state index is 0.462. The molecule has 0 aliphatic heterocycles. The Morgan fingerprint density at radius 3 is 1.79 bits per heavy atom. The first-order chi connectivity index (χ1) is 13.9. The third kappa shape index (κ3) is 3.13. The highest BCUT2D eigenvalue weighted by Crippen LogP contribution is 2.41. The number of carboxylic acids is 2. The molecule has 144 valence electrons. The summed E-state index contributed by atoms with van der Waals surface area (Å²) in [6, 6.07) is 25.9. The summed E-state index contributed by atoms with van der Waals surface area (Å²) >= 11 is 0. The average Bonchev–Trinajstić information content (AvgIpc) is 2.73. The zero-order chi connectivity index (χ0) is 20.6. The van der Waals surface area contributed by atoms with Gasteiger partial charge in [0, 0.05) is 0 Å². The van der Waals surface area contributed by atoms with Crippen LogP contribution in [0.25, 0.3) is 21.5 Å². The number of hydrogen-bond acceptors (Lipinski definition) is 2. The molecule has 4 aromatic rings. The van der Waals surface area contributed by atoms with Crippen LogP contribution in [0.5, 0.6) is 0 Å². The van der Waals surface area contributed by atoms with Crippen molar-refractivity contribution in [3.63, 3.8) is 0 Å². The van der Waals surface area contributed by atoms with Crippen LogP contribution < -0.4 is 0 Å². The van der Waals surface area contributed by atoms with E-state index in [1.807, 2.05) is 60.7 Å². The van der Waals surface area contributed by atoms with Crippen molar-refractivity contribution in [3.8, 4) is 0 Å². The van der Waals surface area contributed by atoms with Gasteiger partial charge >= 0.3 is 11.9 Å². The first-order valence-corrected chi connectivity index (χ1v) is 9.35. The van der Waals surface area contributed by atoms with Gasteiger partial charge in [-0.1, -0.05) is 78.9 Å². The highest BCUT2D eigenvalue weighted by molar-refractivity contribution is 5.95. The second kappa shape index (κ2) is 7.06. The molecule has 0 aliphatic rings. The molecule has 0 aliphatic carbocycles. The van der Waals surface area contributed by atoms with Gasteiger partial charge in [-0.15, -0.1) is 0 Å². The molecule has 0 fully saturated rings. The number of hydrogen-bond donors (Lipinski definition) is 2. The number of fused-ring (bicyclic) bond motifs is 2. The van der Waals surface area contributed by atoms with Gasteiger partial charge in [-0.3, -0.25) is 9.59 Å². The number of carboxylic acid groups (broad SMARTS) is 2. The number of aliphatic carboxylic acids is 2. The van der Waals surface area contributed by atoms with Crippen molar-refractivity contribution < 1.29 is 19.8 Å². The van der Waals surface area contributed by atoms with E-state index in [9.17, 15) is 19.8 Å². The molecule has 2 atom stereocenters. The SMILES string of the molecule is CC(C(=O)O)(c1ccc2ccccc2c1)C(C(=O)O)c1ccc2ccccc2c1. The van der Waals surface area contributed by atoms with Crippen LogP contribution in [0.2, 0.25) is 0 Å². The monoisotopic (exact) mass is 384 g/mol. The second-order valence-corrected chi connectivity index (χ2v) is 7.45. The van der Waals surface area contributed by atoms with Gasteiger partial charge in [0.05, 0.1) is 0 Å². The fraction of sp³-hybridized carbons (Fsp3) is 0.120. The molecule has 0 amide bonds. The molecule has 0 saturated carbocycles. The number of carbonyl (C=O) groups is 2. The van der Waals surface area contributed by atoms with Gasteiger partial charge < -0.3 is 10.2 Å². The van der Waals surface area contributed by atoms with E-state index in [1.54, 1.807) is 24.3 Å². The summed E-state index contributed by atoms with van der Waals surface area (Å²) in [6.45, 7) is 1.49. The molecular formula is C25H20O4. The first kappa shape index (κ1) is 18.7. The van der Waals surface area contributed by atoms with Crippen LogP contribution >= 0.6 is 0 Å². The lowest BCUT2D eigenvalue weighted by Crippen LogP contribution is -2.42. The summed E-state index contributed by atoms with van der Waals surface area (Å²) < 4.78 is 0. The van der Waals surface area contributed by atoms with Crippen molar-refractivity contribution in [3.05, 3.63) is 96.1 Å². The number of rotatable bonds is 5. The van der Waals surface area contributed by atoms with Crippen LogP contribution in [0.1, 0.15) is 24.0 Å². The maximum Gasteiger partial charge on any atom is 0.315 e. The Labute approximate surface area is 168 Å². The lowest BCUT2D eigenvalue weighted by atomic mass is 9.68. The third-order valence-electron chi connectivity index (χ3n) is 5.72. The van der Waals surface area contributed by atoms with Crippen molar-refractivity contribution in [2.24, 2.45) is 0 Å². The summed E-state index contributed by atoms with van der Waals surface area (Å²) in [5.74, 6) is -3.59. The molecule has 0 saturated heterocycles. The van der Waals surface area contributed by atoms with E-state index in [2.05, 4.69) is 0 Å². The molecular weight excluding hydrogens is 364 g/mol. The summed E-state index contributed by atoms with van der Waals surface area (Å²) in [7, 11) is 0. The minimum Gasteiger partial charge on any atom is -0.481 e. The van der Waals surface area contributed by atoms with Gasteiger partial charge in [0.2, 0.25) is 0 Å². The molecule has 0 aromatic heterocycles. The van der Waals surface area contributed by atoms with Crippen LogP contribution in [0, 0.1) is 0 Å². The molecule has 4 aromatic carbocycles. The smallest absolute Gasteiger partial charge is 0.315 e. The Morgan fingerprint density at radius 1 is 0.724 bits per heavy atom. The standard InChI is InChI=1S/C25H20O4/c1-25(24(28)29,21-13-12-17-7-3-5-9-19(17)15-21)22(23(26)27)20-11-10-16-6-2-4-8-18(16)14-20/h2-15,22H,1H3,(H,26,27)(H,28,29). The molecule has 4 rings (SSSR count). The van der Waals surface area contributed by atoms with Crippen LogP contribution in [-0.4, -0.2) is 22.2 Å². The molecule has 4 nitrogen and oxygen atoms in total. The lowest BCUT2D eigenvalue weighted by molar-refractivity contribution is -0.151. The van der Waals surface area contributed by atoms with Gasteiger partial charge in [0.25, 0.3) is 0 Å². The lowest BCUT2D eigenvalue weighted by Gasteiger charge is -2.32. The Bertz CT molecular complexity index is 1240. The zero-order valence-electron chi connectivity index (χ0n) is 15.9. The highest BCUT2D eigenvalue weighted by Gasteiger charge is 2.48. The van der Waals surface area contributed by atoms with Gasteiger partial charge in [0.15, 0.2) is 0 Å². The van der Waals surface area contributed by atoms with Crippen molar-refractivity contribution in [2.45, 2.75) is 18.3 Å². The van der Waals surface area contributed by atoms with Gasteiger partial charge in [0.1, 0.15) is 11.3 Å². The maximum atomic E-state index is 12.5. The third-order valence-corrected chi connectivity index (χ3v) is 5.72. The van der Waals surface area contributed by atoms with Crippen molar-refractivity contribution in [1.29, 1.82) is 0 Å². The predicted octanol–water partition coefficient (Wildman–Crippen LogP) is 5.20. The van der Waals surface area contributed by atoms with E-state index in [0.717, 1.165) is 21.5 Å². The molecule has 0 bridgehead atoms. The largest absolute Gasteiger partial charge is 0.481 e. The van der Waals surface area contributed by atoms with Gasteiger partial charge in [-0.05, 0) is 45.7 Å². The summed E-state index contributed by atoms with van der Waals surface area (Å²) in [4.78, 5) is 24.8. The Hall–Kier alpha value is -3.66. The molecule has 0 heterocycles. The van der Waals surface area contributed by atoms with Gasteiger partial charge in [-0.2, -0.15) is 0 Å². The van der Waals surface area contributed by atoms with Crippen LogP contribution in [-0.2, 0) is 15.0 Å². The summed E-state index contributed by atoms with van der Waals surface area (Å²) in [5.41, 5.74) is -0.711. The summed E-state index contributed by atoms with van der Waals surface area (Å²) in [6.07, 6.45) is 0. The summed E-state index contributed by atoms with van der Waals surface area (Å²) in [5, 5.41) is 24.0. The molecule has 0 radical (unpaired) electrons. The topological polar surface area (TPSA) is 74.6 Å².